The van der Waals surface area contributed by atoms with Gasteiger partial charge in [-0.25, -0.2) is 9.79 Å². The molecule has 0 aliphatic carbocycles. The van der Waals surface area contributed by atoms with Crippen LogP contribution >= 0.6 is 22.9 Å². The van der Waals surface area contributed by atoms with Crippen molar-refractivity contribution in [2.75, 3.05) is 19.0 Å². The first-order valence-corrected chi connectivity index (χ1v) is 11.5. The number of hydrogen-bond donors (Lipinski definition) is 1. The first kappa shape index (κ1) is 22.8. The summed E-state index contributed by atoms with van der Waals surface area (Å²) in [5.74, 6) is 0.185. The van der Waals surface area contributed by atoms with Gasteiger partial charge >= 0.3 is 5.97 Å². The van der Waals surface area contributed by atoms with E-state index in [4.69, 9.17) is 21.1 Å². The minimum absolute atomic E-state index is 0.223. The van der Waals surface area contributed by atoms with E-state index >= 15 is 0 Å². The number of fused-ring (bicyclic) bond motifs is 1. The van der Waals surface area contributed by atoms with E-state index in [9.17, 15) is 9.59 Å². The summed E-state index contributed by atoms with van der Waals surface area (Å²) in [6.45, 7) is 3.72. The molecule has 2 aromatic carbocycles. The monoisotopic (exact) mass is 483 g/mol. The lowest BCUT2D eigenvalue weighted by Crippen LogP contribution is -2.40. The van der Waals surface area contributed by atoms with E-state index in [2.05, 4.69) is 10.3 Å². The molecule has 7 nitrogen and oxygen atoms in total. The molecule has 0 spiro atoms. The number of nitrogens with zero attached hydrogens (tertiary/aromatic N) is 2. The Labute approximate surface area is 199 Å². The molecule has 0 unspecified atom stereocenters. The summed E-state index contributed by atoms with van der Waals surface area (Å²) < 4.78 is 12.6. The molecule has 1 N–H and O–H groups in total. The average Bonchev–Trinajstić information content (AvgIpc) is 3.12. The minimum Gasteiger partial charge on any atom is -0.497 e. The number of carbonyl (C=O) groups is 1. The molecule has 0 radical (unpaired) electrons. The van der Waals surface area contributed by atoms with Gasteiger partial charge < -0.3 is 14.8 Å². The van der Waals surface area contributed by atoms with Gasteiger partial charge in [0.1, 0.15) is 10.3 Å². The molecule has 33 heavy (non-hydrogen) atoms. The van der Waals surface area contributed by atoms with Crippen molar-refractivity contribution >= 4 is 40.8 Å². The van der Waals surface area contributed by atoms with Crippen molar-refractivity contribution in [3.05, 3.63) is 90.1 Å². The number of benzene rings is 2. The van der Waals surface area contributed by atoms with Crippen LogP contribution in [-0.4, -0.2) is 24.3 Å². The molecule has 0 amide bonds. The highest BCUT2D eigenvalue weighted by Crippen LogP contribution is 2.31. The van der Waals surface area contributed by atoms with Crippen molar-refractivity contribution in [3.8, 4) is 5.75 Å². The Morgan fingerprint density at radius 1 is 1.21 bits per heavy atom. The molecule has 0 saturated heterocycles. The molecule has 0 saturated carbocycles. The zero-order valence-electron chi connectivity index (χ0n) is 18.3. The number of aromatic nitrogens is 1. The van der Waals surface area contributed by atoms with Gasteiger partial charge in [-0.1, -0.05) is 35.1 Å². The Kier molecular flexibility index (Phi) is 6.67. The molecule has 0 fully saturated rings. The molecular formula is C24H22ClN3O4S. The number of methoxy groups -OCH3 is 1. The number of halogens is 1. The van der Waals surface area contributed by atoms with Crippen LogP contribution in [0.4, 0.5) is 5.69 Å². The quantitative estimate of drug-likeness (QED) is 0.543. The maximum atomic E-state index is 13.5. The van der Waals surface area contributed by atoms with Crippen LogP contribution in [0.3, 0.4) is 0 Å². The summed E-state index contributed by atoms with van der Waals surface area (Å²) in [7, 11) is 1.58. The lowest BCUT2D eigenvalue weighted by molar-refractivity contribution is -0.139. The Balaban J connectivity index is 1.84. The standard InChI is InChI=1S/C24H22ClN3O4S/c1-4-32-23(30)20-14(2)27-24-28(21(20)15-5-11-18(31-3)12-6-15)22(29)19(33-24)13-26-17-9-7-16(25)8-10-17/h5-13,21,26H,4H2,1-3H3/b19-13-/t21-/m1/s1. The first-order valence-electron chi connectivity index (χ1n) is 10.3. The van der Waals surface area contributed by atoms with Crippen molar-refractivity contribution in [1.82, 2.24) is 4.57 Å². The van der Waals surface area contributed by atoms with E-state index in [-0.39, 0.29) is 12.2 Å². The smallest absolute Gasteiger partial charge is 0.338 e. The third kappa shape index (κ3) is 4.58. The van der Waals surface area contributed by atoms with Crippen molar-refractivity contribution in [2.24, 2.45) is 4.99 Å². The van der Waals surface area contributed by atoms with E-state index in [1.165, 1.54) is 11.3 Å². The van der Waals surface area contributed by atoms with Crippen LogP contribution in [0.2, 0.25) is 5.02 Å². The van der Waals surface area contributed by atoms with Gasteiger partial charge in [0.15, 0.2) is 4.80 Å². The van der Waals surface area contributed by atoms with Crippen LogP contribution in [-0.2, 0) is 9.53 Å². The van der Waals surface area contributed by atoms with Crippen LogP contribution < -0.4 is 24.9 Å². The molecular weight excluding hydrogens is 462 g/mol. The van der Waals surface area contributed by atoms with Gasteiger partial charge in [0, 0.05) is 16.9 Å². The van der Waals surface area contributed by atoms with Gasteiger partial charge in [-0.05, 0) is 55.8 Å². The second kappa shape index (κ2) is 9.64. The highest BCUT2D eigenvalue weighted by molar-refractivity contribution is 7.07. The molecule has 1 atom stereocenters. The van der Waals surface area contributed by atoms with Crippen LogP contribution in [0.1, 0.15) is 25.5 Å². The number of rotatable bonds is 6. The van der Waals surface area contributed by atoms with Crippen molar-refractivity contribution in [2.45, 2.75) is 19.9 Å². The van der Waals surface area contributed by atoms with Crippen molar-refractivity contribution < 1.29 is 14.3 Å². The predicted molar refractivity (Wildman–Crippen MR) is 129 cm³/mol. The topological polar surface area (TPSA) is 81.9 Å². The van der Waals surface area contributed by atoms with E-state index in [1.54, 1.807) is 56.0 Å². The fraction of sp³-hybridized carbons (Fsp3) is 0.208. The second-order valence-corrected chi connectivity index (χ2v) is 8.67. The van der Waals surface area contributed by atoms with Crippen LogP contribution in [0.15, 0.2) is 69.6 Å². The van der Waals surface area contributed by atoms with Gasteiger partial charge in [-0.3, -0.25) is 9.36 Å². The Bertz CT molecular complexity index is 1390. The van der Waals surface area contributed by atoms with Crippen LogP contribution in [0.5, 0.6) is 5.75 Å². The third-order valence-corrected chi connectivity index (χ3v) is 6.40. The van der Waals surface area contributed by atoms with Gasteiger partial charge in [0.25, 0.3) is 5.56 Å². The maximum absolute atomic E-state index is 13.5. The second-order valence-electron chi connectivity index (χ2n) is 7.23. The maximum Gasteiger partial charge on any atom is 0.338 e. The van der Waals surface area contributed by atoms with Crippen LogP contribution in [0, 0.1) is 0 Å². The molecule has 1 aromatic heterocycles. The van der Waals surface area contributed by atoms with Gasteiger partial charge in [-0.2, -0.15) is 0 Å². The molecule has 9 heteroatoms. The Morgan fingerprint density at radius 3 is 2.55 bits per heavy atom. The number of anilines is 1. The van der Waals surface area contributed by atoms with E-state index in [1.807, 2.05) is 24.3 Å². The summed E-state index contributed by atoms with van der Waals surface area (Å²) >= 11 is 7.19. The summed E-state index contributed by atoms with van der Waals surface area (Å²) in [6, 6.07) is 13.8. The number of thiazole rings is 1. The molecule has 4 rings (SSSR count). The highest BCUT2D eigenvalue weighted by Gasteiger charge is 2.33. The predicted octanol–water partition coefficient (Wildman–Crippen LogP) is 3.48. The third-order valence-electron chi connectivity index (χ3n) is 5.16. The molecule has 1 aliphatic rings. The Morgan fingerprint density at radius 2 is 1.91 bits per heavy atom. The fourth-order valence-electron chi connectivity index (χ4n) is 3.59. The zero-order valence-corrected chi connectivity index (χ0v) is 19.9. The number of carbonyl (C=O) groups excluding carboxylic acids is 1. The first-order chi connectivity index (χ1) is 15.9. The lowest BCUT2D eigenvalue weighted by atomic mass is 9.96. The molecule has 170 valence electrons. The summed E-state index contributed by atoms with van der Waals surface area (Å²) in [5, 5.41) is 3.75. The summed E-state index contributed by atoms with van der Waals surface area (Å²) in [4.78, 5) is 31.4. The number of hydrogen-bond acceptors (Lipinski definition) is 7. The van der Waals surface area contributed by atoms with Crippen molar-refractivity contribution in [3.63, 3.8) is 0 Å². The fourth-order valence-corrected chi connectivity index (χ4v) is 4.68. The summed E-state index contributed by atoms with van der Waals surface area (Å²) in [5.41, 5.74) is 2.15. The molecule has 0 bridgehead atoms. The number of allylic oxidation sites excluding steroid dienone is 1. The highest BCUT2D eigenvalue weighted by atomic mass is 35.5. The minimum atomic E-state index is -0.663. The normalized spacial score (nSPS) is 15.6. The lowest BCUT2D eigenvalue weighted by Gasteiger charge is -2.24. The SMILES string of the molecule is CCOC(=O)C1=C(C)N=c2s/c(=C\Nc3ccc(Cl)cc3)c(=O)n2[C@@H]1c1ccc(OC)cc1. The zero-order chi connectivity index (χ0) is 23.5. The van der Waals surface area contributed by atoms with E-state index in [0.29, 0.717) is 31.4 Å². The number of ether oxygens (including phenoxy) is 2. The number of nitrogens with one attached hydrogen (secondary N) is 1. The molecule has 1 aliphatic heterocycles. The number of esters is 1. The average molecular weight is 484 g/mol. The summed E-state index contributed by atoms with van der Waals surface area (Å²) in [6.07, 6.45) is 1.64. The van der Waals surface area contributed by atoms with Gasteiger partial charge in [0.05, 0.1) is 31.0 Å². The molecule has 2 heterocycles. The van der Waals surface area contributed by atoms with Crippen LogP contribution in [0.25, 0.3) is 6.20 Å². The Hall–Kier alpha value is -3.36. The molecule has 3 aromatic rings. The van der Waals surface area contributed by atoms with Gasteiger partial charge in [-0.15, -0.1) is 0 Å². The van der Waals surface area contributed by atoms with E-state index in [0.717, 1.165) is 11.3 Å². The van der Waals surface area contributed by atoms with Gasteiger partial charge in [0.2, 0.25) is 0 Å². The largest absolute Gasteiger partial charge is 0.497 e. The van der Waals surface area contributed by atoms with E-state index < -0.39 is 12.0 Å². The van der Waals surface area contributed by atoms with Crippen molar-refractivity contribution in [1.29, 1.82) is 0 Å².